The van der Waals surface area contributed by atoms with E-state index < -0.39 is 0 Å². The Morgan fingerprint density at radius 3 is 3.12 bits per heavy atom. The molecule has 0 amide bonds. The molecule has 2 rings (SSSR count). The Kier molecular flexibility index (Phi) is 4.18. The number of hydrogen-bond acceptors (Lipinski definition) is 3. The van der Waals surface area contributed by atoms with Crippen molar-refractivity contribution in [3.05, 3.63) is 18.0 Å². The summed E-state index contributed by atoms with van der Waals surface area (Å²) in [7, 11) is 1.99. The van der Waals surface area contributed by atoms with Crippen LogP contribution in [0.4, 0.5) is 0 Å². The summed E-state index contributed by atoms with van der Waals surface area (Å²) in [5, 5.41) is 7.78. The lowest BCUT2D eigenvalue weighted by atomic mass is 10.1. The van der Waals surface area contributed by atoms with Gasteiger partial charge in [0.2, 0.25) is 0 Å². The minimum atomic E-state index is 0.384. The first kappa shape index (κ1) is 12.6. The van der Waals surface area contributed by atoms with Crippen molar-refractivity contribution in [2.75, 3.05) is 26.7 Å². The van der Waals surface area contributed by atoms with E-state index in [4.69, 9.17) is 0 Å². The van der Waals surface area contributed by atoms with Crippen LogP contribution in [0.5, 0.6) is 0 Å². The lowest BCUT2D eigenvalue weighted by Crippen LogP contribution is -2.36. The molecule has 1 N–H and O–H groups in total. The van der Waals surface area contributed by atoms with E-state index in [2.05, 4.69) is 40.0 Å². The van der Waals surface area contributed by atoms with Crippen LogP contribution in [0.3, 0.4) is 0 Å². The maximum atomic E-state index is 4.53. The summed E-state index contributed by atoms with van der Waals surface area (Å²) in [4.78, 5) is 2.51. The topological polar surface area (TPSA) is 33.1 Å². The highest BCUT2D eigenvalue weighted by Crippen LogP contribution is 2.22. The average Bonchev–Trinajstić information content (AvgIpc) is 2.87. The number of rotatable bonds is 4. The fourth-order valence-corrected chi connectivity index (χ4v) is 2.48. The van der Waals surface area contributed by atoms with E-state index in [0.717, 1.165) is 13.1 Å². The third kappa shape index (κ3) is 2.87. The van der Waals surface area contributed by atoms with Crippen molar-refractivity contribution >= 4 is 0 Å². The molecule has 96 valence electrons. The Morgan fingerprint density at radius 1 is 1.59 bits per heavy atom. The van der Waals surface area contributed by atoms with Crippen LogP contribution in [0.2, 0.25) is 0 Å². The molecule has 2 unspecified atom stereocenters. The van der Waals surface area contributed by atoms with E-state index in [-0.39, 0.29) is 0 Å². The maximum Gasteiger partial charge on any atom is 0.0646 e. The van der Waals surface area contributed by atoms with E-state index >= 15 is 0 Å². The van der Waals surface area contributed by atoms with Gasteiger partial charge in [-0.1, -0.05) is 6.92 Å². The summed E-state index contributed by atoms with van der Waals surface area (Å²) >= 11 is 0. The van der Waals surface area contributed by atoms with Gasteiger partial charge in [-0.15, -0.1) is 0 Å². The van der Waals surface area contributed by atoms with Crippen LogP contribution in [0.1, 0.15) is 44.3 Å². The second-order valence-electron chi connectivity index (χ2n) is 4.95. The van der Waals surface area contributed by atoms with Gasteiger partial charge in [-0.3, -0.25) is 4.68 Å². The molecule has 2 atom stereocenters. The first-order valence-electron chi connectivity index (χ1n) is 6.68. The second-order valence-corrected chi connectivity index (χ2v) is 4.95. The summed E-state index contributed by atoms with van der Waals surface area (Å²) < 4.78 is 2.16. The van der Waals surface area contributed by atoms with Crippen molar-refractivity contribution in [1.29, 1.82) is 0 Å². The van der Waals surface area contributed by atoms with Gasteiger partial charge in [0.25, 0.3) is 0 Å². The molecule has 1 fully saturated rings. The first-order chi connectivity index (χ1) is 8.24. The Hall–Kier alpha value is -0.870. The van der Waals surface area contributed by atoms with E-state index in [1.165, 1.54) is 24.9 Å². The van der Waals surface area contributed by atoms with Gasteiger partial charge in [0.05, 0.1) is 12.2 Å². The van der Waals surface area contributed by atoms with Gasteiger partial charge in [-0.2, -0.15) is 5.10 Å². The molecule has 2 heterocycles. The normalized spacial score (nSPS) is 23.8. The van der Waals surface area contributed by atoms with Crippen LogP contribution in [-0.4, -0.2) is 41.4 Å². The molecule has 0 radical (unpaired) electrons. The van der Waals surface area contributed by atoms with Crippen LogP contribution in [0.25, 0.3) is 0 Å². The summed E-state index contributed by atoms with van der Waals surface area (Å²) in [6.45, 7) is 7.94. The van der Waals surface area contributed by atoms with Gasteiger partial charge in [-0.25, -0.2) is 0 Å². The van der Waals surface area contributed by atoms with Crippen LogP contribution < -0.4 is 5.32 Å². The highest BCUT2D eigenvalue weighted by molar-refractivity contribution is 5.09. The van der Waals surface area contributed by atoms with Gasteiger partial charge in [0, 0.05) is 24.3 Å². The predicted octanol–water partition coefficient (Wildman–Crippen LogP) is 1.82. The number of nitrogens with zero attached hydrogens (tertiary/aromatic N) is 3. The SMILES string of the molecule is CCN1CCCC(n2cc(C(C)NC)cn2)C1. The van der Waals surface area contributed by atoms with Crippen molar-refractivity contribution in [3.8, 4) is 0 Å². The third-order valence-corrected chi connectivity index (χ3v) is 3.86. The molecular formula is C13H24N4. The number of aromatic nitrogens is 2. The lowest BCUT2D eigenvalue weighted by molar-refractivity contribution is 0.177. The summed E-state index contributed by atoms with van der Waals surface area (Å²) in [6.07, 6.45) is 6.73. The van der Waals surface area contributed by atoms with Crippen LogP contribution >= 0.6 is 0 Å². The molecule has 4 heteroatoms. The molecule has 1 aromatic rings. The molecular weight excluding hydrogens is 212 g/mol. The highest BCUT2D eigenvalue weighted by Gasteiger charge is 2.21. The molecule has 0 saturated carbocycles. The predicted molar refractivity (Wildman–Crippen MR) is 70.1 cm³/mol. The minimum absolute atomic E-state index is 0.384. The zero-order valence-electron chi connectivity index (χ0n) is 11.2. The monoisotopic (exact) mass is 236 g/mol. The Balaban J connectivity index is 2.04. The maximum absolute atomic E-state index is 4.53. The van der Waals surface area contributed by atoms with Gasteiger partial charge in [0.1, 0.15) is 0 Å². The number of hydrogen-bond donors (Lipinski definition) is 1. The van der Waals surface area contributed by atoms with E-state index in [9.17, 15) is 0 Å². The van der Waals surface area contributed by atoms with E-state index in [1.54, 1.807) is 0 Å². The van der Waals surface area contributed by atoms with Gasteiger partial charge >= 0.3 is 0 Å². The third-order valence-electron chi connectivity index (χ3n) is 3.86. The molecule has 4 nitrogen and oxygen atoms in total. The summed E-state index contributed by atoms with van der Waals surface area (Å²) in [6, 6.07) is 0.941. The van der Waals surface area contributed by atoms with Crippen LogP contribution in [0, 0.1) is 0 Å². The number of nitrogens with one attached hydrogen (secondary N) is 1. The largest absolute Gasteiger partial charge is 0.313 e. The van der Waals surface area contributed by atoms with Gasteiger partial charge in [0.15, 0.2) is 0 Å². The Morgan fingerprint density at radius 2 is 2.41 bits per heavy atom. The van der Waals surface area contributed by atoms with Crippen molar-refractivity contribution in [2.45, 2.75) is 38.8 Å². The van der Waals surface area contributed by atoms with Crippen LogP contribution in [-0.2, 0) is 0 Å². The fraction of sp³-hybridized carbons (Fsp3) is 0.769. The molecule has 1 saturated heterocycles. The number of piperidine rings is 1. The minimum Gasteiger partial charge on any atom is -0.313 e. The first-order valence-corrected chi connectivity index (χ1v) is 6.68. The van der Waals surface area contributed by atoms with E-state index in [1.807, 2.05) is 13.2 Å². The van der Waals surface area contributed by atoms with Crippen molar-refractivity contribution in [2.24, 2.45) is 0 Å². The van der Waals surface area contributed by atoms with Crippen molar-refractivity contribution in [3.63, 3.8) is 0 Å². The molecule has 17 heavy (non-hydrogen) atoms. The van der Waals surface area contributed by atoms with Gasteiger partial charge in [-0.05, 0) is 39.9 Å². The van der Waals surface area contributed by atoms with Crippen LogP contribution in [0.15, 0.2) is 12.4 Å². The zero-order chi connectivity index (χ0) is 12.3. The smallest absolute Gasteiger partial charge is 0.0646 e. The quantitative estimate of drug-likeness (QED) is 0.865. The van der Waals surface area contributed by atoms with Gasteiger partial charge < -0.3 is 10.2 Å². The fourth-order valence-electron chi connectivity index (χ4n) is 2.48. The molecule has 0 spiro atoms. The molecule has 0 aliphatic carbocycles. The second kappa shape index (κ2) is 5.65. The molecule has 0 bridgehead atoms. The molecule has 1 aliphatic rings. The summed E-state index contributed by atoms with van der Waals surface area (Å²) in [5.74, 6) is 0. The number of likely N-dealkylation sites (N-methyl/N-ethyl adjacent to an activating group) is 1. The Bertz CT molecular complexity index is 347. The highest BCUT2D eigenvalue weighted by atomic mass is 15.3. The summed E-state index contributed by atoms with van der Waals surface area (Å²) in [5.41, 5.74) is 1.28. The number of likely N-dealkylation sites (tertiary alicyclic amines) is 1. The Labute approximate surface area is 104 Å². The molecule has 0 aromatic carbocycles. The average molecular weight is 236 g/mol. The van der Waals surface area contributed by atoms with E-state index in [0.29, 0.717) is 12.1 Å². The molecule has 1 aliphatic heterocycles. The zero-order valence-corrected chi connectivity index (χ0v) is 11.2. The van der Waals surface area contributed by atoms with Crippen molar-refractivity contribution in [1.82, 2.24) is 20.0 Å². The van der Waals surface area contributed by atoms with Crippen molar-refractivity contribution < 1.29 is 0 Å². The lowest BCUT2D eigenvalue weighted by Gasteiger charge is -2.31. The standard InChI is InChI=1S/C13H24N4/c1-4-16-7-5-6-13(10-16)17-9-12(8-15-17)11(2)14-3/h8-9,11,13-14H,4-7,10H2,1-3H3. The molecule has 1 aromatic heterocycles.